The molecule has 0 spiro atoms. The zero-order valence-electron chi connectivity index (χ0n) is 10.3. The molecule has 1 aliphatic carbocycles. The van der Waals surface area contributed by atoms with Crippen LogP contribution in [-0.2, 0) is 14.8 Å². The largest absolute Gasteiger partial charge is 0.378 e. The van der Waals surface area contributed by atoms with E-state index in [-0.39, 0.29) is 23.1 Å². The lowest BCUT2D eigenvalue weighted by atomic mass is 9.72. The zero-order valence-corrected chi connectivity index (χ0v) is 11.1. The average Bonchev–Trinajstić information content (AvgIpc) is 2.80. The predicted octanol–water partition coefficient (Wildman–Crippen LogP) is -0.139. The van der Waals surface area contributed by atoms with Crippen LogP contribution < -0.4 is 16.2 Å². The number of hydrogen-bond acceptors (Lipinski definition) is 5. The van der Waals surface area contributed by atoms with Gasteiger partial charge in [-0.05, 0) is 30.7 Å². The van der Waals surface area contributed by atoms with E-state index in [0.29, 0.717) is 5.92 Å². The number of primary sulfonamides is 1. The molecule has 2 fully saturated rings. The number of anilines is 1. The summed E-state index contributed by atoms with van der Waals surface area (Å²) in [4.78, 5) is 0.103. The van der Waals surface area contributed by atoms with Crippen molar-refractivity contribution in [2.45, 2.75) is 29.5 Å². The first-order valence-electron chi connectivity index (χ1n) is 6.23. The van der Waals surface area contributed by atoms with Crippen molar-refractivity contribution < 1.29 is 13.2 Å². The number of ether oxygens (including phenoxy) is 1. The first-order valence-corrected chi connectivity index (χ1v) is 7.78. The molecule has 104 valence electrons. The number of benzene rings is 1. The molecular weight excluding hydrogens is 266 g/mol. The second kappa shape index (κ2) is 4.45. The van der Waals surface area contributed by atoms with Gasteiger partial charge in [-0.3, -0.25) is 0 Å². The Morgan fingerprint density at radius 2 is 1.95 bits per heavy atom. The van der Waals surface area contributed by atoms with Gasteiger partial charge in [0.15, 0.2) is 0 Å². The third kappa shape index (κ3) is 2.23. The van der Waals surface area contributed by atoms with Crippen molar-refractivity contribution in [3.63, 3.8) is 0 Å². The van der Waals surface area contributed by atoms with Gasteiger partial charge in [-0.15, -0.1) is 0 Å². The molecule has 0 bridgehead atoms. The number of nitrogens with one attached hydrogen (secondary N) is 1. The third-order valence-electron chi connectivity index (χ3n) is 3.96. The third-order valence-corrected chi connectivity index (χ3v) is 4.89. The summed E-state index contributed by atoms with van der Waals surface area (Å²) >= 11 is 0. The maximum absolute atomic E-state index is 11.2. The smallest absolute Gasteiger partial charge is 0.238 e. The molecule has 5 N–H and O–H groups in total. The highest BCUT2D eigenvalue weighted by Gasteiger charge is 2.52. The van der Waals surface area contributed by atoms with Crippen molar-refractivity contribution in [1.29, 1.82) is 0 Å². The Hall–Kier alpha value is -1.15. The number of rotatable bonds is 3. The number of hydrogen-bond donors (Lipinski definition) is 3. The van der Waals surface area contributed by atoms with E-state index in [1.54, 1.807) is 12.1 Å². The maximum atomic E-state index is 11.2. The summed E-state index contributed by atoms with van der Waals surface area (Å²) in [7, 11) is -3.64. The molecule has 7 heteroatoms. The molecule has 1 saturated heterocycles. The summed E-state index contributed by atoms with van der Waals surface area (Å²) in [6.45, 7) is 0.769. The SMILES string of the molecule is NC1C2CCOC2C1Nc1ccc(S(N)(=O)=O)cc1. The van der Waals surface area contributed by atoms with Crippen LogP contribution in [0.1, 0.15) is 6.42 Å². The van der Waals surface area contributed by atoms with E-state index in [1.165, 1.54) is 12.1 Å². The summed E-state index contributed by atoms with van der Waals surface area (Å²) in [5.41, 5.74) is 6.92. The van der Waals surface area contributed by atoms with E-state index in [0.717, 1.165) is 18.7 Å². The standard InChI is InChI=1S/C12H17N3O3S/c13-10-9-5-6-18-12(9)11(10)15-7-1-3-8(4-2-7)19(14,16)17/h1-4,9-12,15H,5-6,13H2,(H2,14,16,17). The van der Waals surface area contributed by atoms with Crippen LogP contribution in [-0.4, -0.2) is 33.2 Å². The van der Waals surface area contributed by atoms with E-state index in [1.807, 2.05) is 0 Å². The molecule has 1 aromatic rings. The fraction of sp³-hybridized carbons (Fsp3) is 0.500. The molecule has 0 amide bonds. The van der Waals surface area contributed by atoms with Crippen LogP contribution in [0.25, 0.3) is 0 Å². The fourth-order valence-electron chi connectivity index (χ4n) is 2.86. The fourth-order valence-corrected chi connectivity index (χ4v) is 3.38. The van der Waals surface area contributed by atoms with Crippen LogP contribution in [0.3, 0.4) is 0 Å². The predicted molar refractivity (Wildman–Crippen MR) is 71.0 cm³/mol. The van der Waals surface area contributed by atoms with Gasteiger partial charge in [0.1, 0.15) is 0 Å². The van der Waals surface area contributed by atoms with E-state index < -0.39 is 10.0 Å². The Labute approximate surface area is 112 Å². The van der Waals surface area contributed by atoms with Gasteiger partial charge in [-0.2, -0.15) is 0 Å². The van der Waals surface area contributed by atoms with Crippen molar-refractivity contribution in [3.05, 3.63) is 24.3 Å². The van der Waals surface area contributed by atoms with Crippen molar-refractivity contribution in [1.82, 2.24) is 0 Å². The topological polar surface area (TPSA) is 107 Å². The Bertz CT molecular complexity index is 572. The highest BCUT2D eigenvalue weighted by Crippen LogP contribution is 2.39. The van der Waals surface area contributed by atoms with E-state index in [4.69, 9.17) is 15.6 Å². The molecule has 2 aliphatic rings. The minimum absolute atomic E-state index is 0.0883. The normalized spacial score (nSPS) is 33.6. The lowest BCUT2D eigenvalue weighted by molar-refractivity contribution is 0.00537. The van der Waals surface area contributed by atoms with Crippen LogP contribution in [0.15, 0.2) is 29.2 Å². The van der Waals surface area contributed by atoms with Crippen LogP contribution in [0.4, 0.5) is 5.69 Å². The summed E-state index contributed by atoms with van der Waals surface area (Å²) < 4.78 is 27.9. The van der Waals surface area contributed by atoms with Gasteiger partial charge in [0.2, 0.25) is 10.0 Å². The summed E-state index contributed by atoms with van der Waals surface area (Å²) in [6, 6.07) is 6.52. The Morgan fingerprint density at radius 1 is 1.26 bits per heavy atom. The van der Waals surface area contributed by atoms with Gasteiger partial charge >= 0.3 is 0 Å². The molecule has 3 rings (SSSR count). The quantitative estimate of drug-likeness (QED) is 0.715. The van der Waals surface area contributed by atoms with Crippen molar-refractivity contribution in [2.75, 3.05) is 11.9 Å². The van der Waals surface area contributed by atoms with Gasteiger partial charge in [0.25, 0.3) is 0 Å². The van der Waals surface area contributed by atoms with Crippen LogP contribution in [0.2, 0.25) is 0 Å². The average molecular weight is 283 g/mol. The van der Waals surface area contributed by atoms with E-state index >= 15 is 0 Å². The van der Waals surface area contributed by atoms with Gasteiger partial charge in [0.05, 0.1) is 17.0 Å². The Balaban J connectivity index is 1.71. The summed E-state index contributed by atoms with van der Waals surface area (Å²) in [6.07, 6.45) is 1.20. The lowest BCUT2D eigenvalue weighted by Crippen LogP contribution is -2.65. The number of fused-ring (bicyclic) bond motifs is 1. The molecule has 1 aromatic carbocycles. The van der Waals surface area contributed by atoms with Crippen molar-refractivity contribution >= 4 is 15.7 Å². The van der Waals surface area contributed by atoms with E-state index in [9.17, 15) is 8.42 Å². The minimum Gasteiger partial charge on any atom is -0.378 e. The first kappa shape index (κ1) is 12.9. The number of sulfonamides is 1. The first-order chi connectivity index (χ1) is 8.97. The highest BCUT2D eigenvalue weighted by atomic mass is 32.2. The van der Waals surface area contributed by atoms with Crippen LogP contribution in [0, 0.1) is 5.92 Å². The molecule has 19 heavy (non-hydrogen) atoms. The number of nitrogens with two attached hydrogens (primary N) is 2. The van der Waals surface area contributed by atoms with Gasteiger partial charge in [0, 0.05) is 24.3 Å². The molecule has 6 nitrogen and oxygen atoms in total. The molecule has 1 heterocycles. The Morgan fingerprint density at radius 3 is 2.58 bits per heavy atom. The molecule has 4 unspecified atom stereocenters. The molecule has 4 atom stereocenters. The second-order valence-corrected chi connectivity index (χ2v) is 6.67. The Kier molecular flexibility index (Phi) is 3.01. The van der Waals surface area contributed by atoms with Crippen molar-refractivity contribution in [2.24, 2.45) is 16.8 Å². The molecule has 0 aromatic heterocycles. The lowest BCUT2D eigenvalue weighted by Gasteiger charge is -2.46. The summed E-state index contributed by atoms with van der Waals surface area (Å²) in [5, 5.41) is 8.34. The van der Waals surface area contributed by atoms with Crippen molar-refractivity contribution in [3.8, 4) is 0 Å². The van der Waals surface area contributed by atoms with Gasteiger partial charge in [-0.25, -0.2) is 13.6 Å². The van der Waals surface area contributed by atoms with Gasteiger partial charge < -0.3 is 15.8 Å². The molecule has 1 saturated carbocycles. The van der Waals surface area contributed by atoms with E-state index in [2.05, 4.69) is 5.32 Å². The monoisotopic (exact) mass is 283 g/mol. The maximum Gasteiger partial charge on any atom is 0.238 e. The molecule has 1 aliphatic heterocycles. The molecular formula is C12H17N3O3S. The zero-order chi connectivity index (χ0) is 13.6. The second-order valence-electron chi connectivity index (χ2n) is 5.10. The minimum atomic E-state index is -3.64. The van der Waals surface area contributed by atoms with Gasteiger partial charge in [-0.1, -0.05) is 0 Å². The van der Waals surface area contributed by atoms with Crippen LogP contribution in [0.5, 0.6) is 0 Å². The van der Waals surface area contributed by atoms with Crippen LogP contribution >= 0.6 is 0 Å². The highest BCUT2D eigenvalue weighted by molar-refractivity contribution is 7.89. The summed E-state index contributed by atoms with van der Waals surface area (Å²) in [5.74, 6) is 0.446. The molecule has 0 radical (unpaired) electrons.